The minimum atomic E-state index is -0.502. The van der Waals surface area contributed by atoms with Crippen molar-refractivity contribution in [1.82, 2.24) is 0 Å². The number of fused-ring (bicyclic) bond motifs is 3. The number of hydrogen-bond acceptors (Lipinski definition) is 5. The monoisotopic (exact) mass is 396 g/mol. The summed E-state index contributed by atoms with van der Waals surface area (Å²) in [7, 11) is 1.30. The predicted molar refractivity (Wildman–Crippen MR) is 115 cm³/mol. The van der Waals surface area contributed by atoms with Crippen LogP contribution >= 0.6 is 0 Å². The summed E-state index contributed by atoms with van der Waals surface area (Å²) in [4.78, 5) is 24.4. The molecule has 0 saturated heterocycles. The molecule has 1 N–H and O–H groups in total. The lowest BCUT2D eigenvalue weighted by atomic mass is 9.79. The molecular weight excluding hydrogens is 368 g/mol. The van der Waals surface area contributed by atoms with Gasteiger partial charge in [-0.2, -0.15) is 0 Å². The average Bonchev–Trinajstić information content (AvgIpc) is 2.69. The third kappa shape index (κ3) is 4.14. The highest BCUT2D eigenvalue weighted by atomic mass is 16.5. The number of benzene rings is 2. The summed E-state index contributed by atoms with van der Waals surface area (Å²) in [6.07, 6.45) is 5.65. The maximum atomic E-state index is 12.5. The van der Waals surface area contributed by atoms with Gasteiger partial charge in [0.15, 0.2) is 0 Å². The molecule has 0 fully saturated rings. The molecule has 1 heterocycles. The van der Waals surface area contributed by atoms with Crippen molar-refractivity contribution in [2.24, 2.45) is 0 Å². The molecule has 0 saturated carbocycles. The lowest BCUT2D eigenvalue weighted by molar-refractivity contribution is 0.0601. The van der Waals surface area contributed by atoms with Crippen LogP contribution in [0.5, 0.6) is 5.75 Å². The molecular formula is C24H28O5. The number of aromatic hydroxyl groups is 1. The molecule has 0 radical (unpaired) electrons. The summed E-state index contributed by atoms with van der Waals surface area (Å²) in [5, 5.41) is 12.0. The van der Waals surface area contributed by atoms with Crippen molar-refractivity contribution in [3.8, 4) is 5.75 Å². The molecule has 0 atom stereocenters. The Balaban J connectivity index is 2.13. The summed E-state index contributed by atoms with van der Waals surface area (Å²) in [6.45, 7) is 6.45. The smallest absolute Gasteiger partial charge is 0.344 e. The van der Waals surface area contributed by atoms with Crippen LogP contribution in [0.1, 0.15) is 68.8 Å². The molecule has 0 aliphatic heterocycles. The van der Waals surface area contributed by atoms with Crippen LogP contribution in [0.15, 0.2) is 39.5 Å². The first-order chi connectivity index (χ1) is 13.8. The van der Waals surface area contributed by atoms with Crippen LogP contribution in [-0.4, -0.2) is 18.2 Å². The predicted octanol–water partition coefficient (Wildman–Crippen LogP) is 5.69. The summed E-state index contributed by atoms with van der Waals surface area (Å²) in [6, 6.07) is 8.18. The average molecular weight is 396 g/mol. The van der Waals surface area contributed by atoms with Gasteiger partial charge in [0.05, 0.1) is 23.4 Å². The largest absolute Gasteiger partial charge is 0.507 e. The van der Waals surface area contributed by atoms with Crippen LogP contribution in [0.2, 0.25) is 0 Å². The molecule has 0 bridgehead atoms. The zero-order chi connectivity index (χ0) is 21.2. The number of carbonyl (C=O) groups is 1. The minimum absolute atomic E-state index is 0.0369. The first kappa shape index (κ1) is 20.9. The Hall–Kier alpha value is -2.82. The van der Waals surface area contributed by atoms with Crippen LogP contribution in [0.3, 0.4) is 0 Å². The zero-order valence-corrected chi connectivity index (χ0v) is 17.5. The van der Waals surface area contributed by atoms with Gasteiger partial charge in [0.2, 0.25) is 0 Å². The van der Waals surface area contributed by atoms with Crippen LogP contribution < -0.4 is 5.63 Å². The Morgan fingerprint density at radius 3 is 2.55 bits per heavy atom. The van der Waals surface area contributed by atoms with E-state index in [1.54, 1.807) is 12.1 Å². The maximum absolute atomic E-state index is 12.5. The Kier molecular flexibility index (Phi) is 5.96. The van der Waals surface area contributed by atoms with E-state index < -0.39 is 11.6 Å². The molecule has 0 unspecified atom stereocenters. The van der Waals surface area contributed by atoms with Gasteiger partial charge in [-0.05, 0) is 47.7 Å². The van der Waals surface area contributed by atoms with E-state index in [0.717, 1.165) is 18.4 Å². The van der Waals surface area contributed by atoms with Gasteiger partial charge < -0.3 is 14.3 Å². The van der Waals surface area contributed by atoms with Crippen molar-refractivity contribution in [3.05, 3.63) is 51.9 Å². The molecule has 5 heteroatoms. The van der Waals surface area contributed by atoms with Crippen molar-refractivity contribution < 1.29 is 19.1 Å². The number of phenolic OH excluding ortho intramolecular Hbond substituents is 1. The normalized spacial score (nSPS) is 11.9. The molecule has 2 aromatic carbocycles. The fraction of sp³-hybridized carbons (Fsp3) is 0.417. The first-order valence-corrected chi connectivity index (χ1v) is 10.1. The number of esters is 1. The maximum Gasteiger partial charge on any atom is 0.344 e. The lowest BCUT2D eigenvalue weighted by Crippen LogP contribution is -2.17. The Labute approximate surface area is 170 Å². The fourth-order valence-electron chi connectivity index (χ4n) is 3.81. The van der Waals surface area contributed by atoms with E-state index >= 15 is 0 Å². The molecule has 0 aliphatic rings. The minimum Gasteiger partial charge on any atom is -0.507 e. The summed E-state index contributed by atoms with van der Waals surface area (Å²) < 4.78 is 10.3. The van der Waals surface area contributed by atoms with E-state index in [2.05, 4.69) is 20.8 Å². The SMILES string of the molecule is CCCCCCC(C)(C)c1cc(O)c2c(c1)oc(=O)c1ccc(C(=O)OC)cc12. The van der Waals surface area contributed by atoms with Gasteiger partial charge in [-0.25, -0.2) is 9.59 Å². The van der Waals surface area contributed by atoms with E-state index in [1.807, 2.05) is 6.07 Å². The van der Waals surface area contributed by atoms with Crippen molar-refractivity contribution in [2.45, 2.75) is 58.3 Å². The molecule has 3 aromatic rings. The second-order valence-electron chi connectivity index (χ2n) is 8.20. The van der Waals surface area contributed by atoms with Crippen molar-refractivity contribution >= 4 is 27.7 Å². The van der Waals surface area contributed by atoms with E-state index in [9.17, 15) is 14.7 Å². The quantitative estimate of drug-likeness (QED) is 0.240. The van der Waals surface area contributed by atoms with Gasteiger partial charge in [0, 0.05) is 5.39 Å². The Morgan fingerprint density at radius 1 is 1.10 bits per heavy atom. The molecule has 3 rings (SSSR count). The van der Waals surface area contributed by atoms with E-state index in [4.69, 9.17) is 9.15 Å². The number of methoxy groups -OCH3 is 1. The molecule has 154 valence electrons. The van der Waals surface area contributed by atoms with Crippen molar-refractivity contribution in [1.29, 1.82) is 0 Å². The number of rotatable bonds is 7. The standard InChI is InChI=1S/C24H28O5/c1-5-6-7-8-11-24(2,3)16-13-19(25)21-18-12-15(22(26)28-4)9-10-17(18)23(27)29-20(21)14-16/h9-10,12-14,25H,5-8,11H2,1-4H3. The number of unbranched alkanes of at least 4 members (excludes halogenated alkanes) is 3. The van der Waals surface area contributed by atoms with Crippen LogP contribution in [0.25, 0.3) is 21.7 Å². The highest BCUT2D eigenvalue weighted by Crippen LogP contribution is 2.38. The molecule has 5 nitrogen and oxygen atoms in total. The molecule has 1 aromatic heterocycles. The van der Waals surface area contributed by atoms with Crippen LogP contribution in [-0.2, 0) is 10.2 Å². The molecule has 0 aliphatic carbocycles. The molecule has 29 heavy (non-hydrogen) atoms. The summed E-state index contributed by atoms with van der Waals surface area (Å²) in [5.41, 5.74) is 0.889. The molecule has 0 amide bonds. The number of hydrogen-bond donors (Lipinski definition) is 1. The highest BCUT2D eigenvalue weighted by molar-refractivity contribution is 6.09. The third-order valence-corrected chi connectivity index (χ3v) is 5.65. The fourth-order valence-corrected chi connectivity index (χ4v) is 3.81. The van der Waals surface area contributed by atoms with Gasteiger partial charge in [0.1, 0.15) is 11.3 Å². The zero-order valence-electron chi connectivity index (χ0n) is 17.5. The molecule has 0 spiro atoms. The number of ether oxygens (including phenoxy) is 1. The third-order valence-electron chi connectivity index (χ3n) is 5.65. The Morgan fingerprint density at radius 2 is 1.86 bits per heavy atom. The van der Waals surface area contributed by atoms with Crippen LogP contribution in [0, 0.1) is 0 Å². The van der Waals surface area contributed by atoms with E-state index in [1.165, 1.54) is 38.5 Å². The van der Waals surface area contributed by atoms with Crippen LogP contribution in [0.4, 0.5) is 0 Å². The van der Waals surface area contributed by atoms with Gasteiger partial charge >= 0.3 is 11.6 Å². The summed E-state index contributed by atoms with van der Waals surface area (Å²) in [5.74, 6) is -0.465. The van der Waals surface area contributed by atoms with E-state index in [-0.39, 0.29) is 11.2 Å². The first-order valence-electron chi connectivity index (χ1n) is 10.1. The lowest BCUT2D eigenvalue weighted by Gasteiger charge is -2.26. The van der Waals surface area contributed by atoms with Gasteiger partial charge in [-0.15, -0.1) is 0 Å². The van der Waals surface area contributed by atoms with Gasteiger partial charge in [-0.1, -0.05) is 46.5 Å². The van der Waals surface area contributed by atoms with Gasteiger partial charge in [-0.3, -0.25) is 0 Å². The Bertz CT molecular complexity index is 1110. The second-order valence-corrected chi connectivity index (χ2v) is 8.20. The number of carbonyl (C=O) groups excluding carboxylic acids is 1. The second kappa shape index (κ2) is 8.27. The highest BCUT2D eigenvalue weighted by Gasteiger charge is 2.23. The topological polar surface area (TPSA) is 76.7 Å². The number of phenols is 1. The van der Waals surface area contributed by atoms with Gasteiger partial charge in [0.25, 0.3) is 0 Å². The summed E-state index contributed by atoms with van der Waals surface area (Å²) >= 11 is 0. The van der Waals surface area contributed by atoms with E-state index in [0.29, 0.717) is 27.3 Å². The van der Waals surface area contributed by atoms with Crippen molar-refractivity contribution in [3.63, 3.8) is 0 Å². The van der Waals surface area contributed by atoms with Crippen molar-refractivity contribution in [2.75, 3.05) is 7.11 Å².